The minimum atomic E-state index is -3.61. The van der Waals surface area contributed by atoms with Gasteiger partial charge in [-0.1, -0.05) is 0 Å². The van der Waals surface area contributed by atoms with E-state index in [1.165, 1.54) is 18.3 Å². The van der Waals surface area contributed by atoms with Crippen LogP contribution in [0.3, 0.4) is 0 Å². The number of methoxy groups -OCH3 is 1. The van der Waals surface area contributed by atoms with Crippen molar-refractivity contribution >= 4 is 15.8 Å². The molecule has 1 heterocycles. The first kappa shape index (κ1) is 13.9. The fraction of sp³-hybridized carbons (Fsp3) is 0.500. The number of nitrogens with zero attached hydrogens (tertiary/aromatic N) is 1. The first-order valence-corrected chi connectivity index (χ1v) is 6.67. The van der Waals surface area contributed by atoms with Gasteiger partial charge in [0.25, 0.3) is 0 Å². The summed E-state index contributed by atoms with van der Waals surface area (Å²) < 4.78 is 31.3. The fourth-order valence-electron chi connectivity index (χ4n) is 1.31. The molecule has 1 aromatic rings. The zero-order valence-electron chi connectivity index (χ0n) is 9.88. The number of anilines is 1. The summed E-state index contributed by atoms with van der Waals surface area (Å²) in [5.74, 6) is -0.000980. The molecule has 6 nitrogen and oxygen atoms in total. The Bertz CT molecular complexity index is 462. The monoisotopic (exact) mass is 259 g/mol. The van der Waals surface area contributed by atoms with Gasteiger partial charge in [0.2, 0.25) is 10.0 Å². The molecule has 0 aliphatic carbocycles. The SMILES string of the molecule is COCCC(C)NS(=O)(=O)c1cccnc1N. The molecule has 1 aromatic heterocycles. The number of sulfonamides is 1. The maximum atomic E-state index is 12.0. The number of nitrogen functional groups attached to an aromatic ring is 1. The smallest absolute Gasteiger partial charge is 0.244 e. The van der Waals surface area contributed by atoms with Crippen molar-refractivity contribution in [2.24, 2.45) is 0 Å². The molecule has 17 heavy (non-hydrogen) atoms. The molecule has 7 heteroatoms. The second-order valence-corrected chi connectivity index (χ2v) is 5.37. The molecule has 96 valence electrons. The first-order chi connectivity index (χ1) is 7.97. The van der Waals surface area contributed by atoms with Crippen molar-refractivity contribution in [3.05, 3.63) is 18.3 Å². The number of pyridine rings is 1. The molecule has 1 unspecified atom stereocenters. The lowest BCUT2D eigenvalue weighted by Crippen LogP contribution is -2.33. The zero-order valence-corrected chi connectivity index (χ0v) is 10.7. The van der Waals surface area contributed by atoms with Gasteiger partial charge >= 0.3 is 0 Å². The number of ether oxygens (including phenoxy) is 1. The van der Waals surface area contributed by atoms with Crippen molar-refractivity contribution in [2.45, 2.75) is 24.3 Å². The van der Waals surface area contributed by atoms with E-state index in [-0.39, 0.29) is 16.8 Å². The van der Waals surface area contributed by atoms with Crippen LogP contribution in [0.4, 0.5) is 5.82 Å². The van der Waals surface area contributed by atoms with Gasteiger partial charge in [-0.2, -0.15) is 0 Å². The van der Waals surface area contributed by atoms with E-state index in [9.17, 15) is 8.42 Å². The summed E-state index contributed by atoms with van der Waals surface area (Å²) in [4.78, 5) is 3.75. The van der Waals surface area contributed by atoms with Gasteiger partial charge in [-0.05, 0) is 25.5 Å². The van der Waals surface area contributed by atoms with Crippen molar-refractivity contribution in [1.82, 2.24) is 9.71 Å². The molecule has 0 radical (unpaired) electrons. The van der Waals surface area contributed by atoms with Gasteiger partial charge in [-0.25, -0.2) is 18.1 Å². The molecule has 0 aliphatic rings. The lowest BCUT2D eigenvalue weighted by Gasteiger charge is -2.14. The number of hydrogen-bond acceptors (Lipinski definition) is 5. The van der Waals surface area contributed by atoms with E-state index in [1.54, 1.807) is 14.0 Å². The molecule has 1 rings (SSSR count). The van der Waals surface area contributed by atoms with Crippen LogP contribution in [0.15, 0.2) is 23.2 Å². The highest BCUT2D eigenvalue weighted by Crippen LogP contribution is 2.14. The van der Waals surface area contributed by atoms with Crippen LogP contribution < -0.4 is 10.5 Å². The molecule has 0 aliphatic heterocycles. The molecule has 0 amide bonds. The van der Waals surface area contributed by atoms with Gasteiger partial charge in [0.15, 0.2) is 0 Å². The Labute approximate surface area is 101 Å². The summed E-state index contributed by atoms with van der Waals surface area (Å²) in [6.45, 7) is 2.26. The standard InChI is InChI=1S/C10H17N3O3S/c1-8(5-7-16-2)13-17(14,15)9-4-3-6-12-10(9)11/h3-4,6,8,13H,5,7H2,1-2H3,(H2,11,12). The lowest BCUT2D eigenvalue weighted by molar-refractivity contribution is 0.188. The molecule has 0 fully saturated rings. The largest absolute Gasteiger partial charge is 0.385 e. The first-order valence-electron chi connectivity index (χ1n) is 5.19. The second-order valence-electron chi connectivity index (χ2n) is 3.69. The third-order valence-electron chi connectivity index (χ3n) is 2.20. The zero-order chi connectivity index (χ0) is 12.9. The summed E-state index contributed by atoms with van der Waals surface area (Å²) in [6, 6.07) is 2.73. The number of nitrogens with two attached hydrogens (primary N) is 1. The molecular weight excluding hydrogens is 242 g/mol. The third-order valence-corrected chi connectivity index (χ3v) is 3.84. The summed E-state index contributed by atoms with van der Waals surface area (Å²) in [5, 5.41) is 0. The van der Waals surface area contributed by atoms with Gasteiger partial charge < -0.3 is 10.5 Å². The number of nitrogens with one attached hydrogen (secondary N) is 1. The van der Waals surface area contributed by atoms with E-state index in [4.69, 9.17) is 10.5 Å². The second kappa shape index (κ2) is 5.95. The molecule has 0 bridgehead atoms. The van der Waals surface area contributed by atoms with Crippen LogP contribution in [-0.4, -0.2) is 33.2 Å². The molecule has 0 saturated carbocycles. The minimum Gasteiger partial charge on any atom is -0.385 e. The molecule has 3 N–H and O–H groups in total. The van der Waals surface area contributed by atoms with E-state index in [0.29, 0.717) is 13.0 Å². The Morgan fingerprint density at radius 3 is 2.88 bits per heavy atom. The van der Waals surface area contributed by atoms with Gasteiger partial charge in [-0.3, -0.25) is 0 Å². The van der Waals surface area contributed by atoms with E-state index < -0.39 is 10.0 Å². The Morgan fingerprint density at radius 1 is 1.59 bits per heavy atom. The summed E-state index contributed by atoms with van der Waals surface area (Å²) in [6.07, 6.45) is 2.04. The van der Waals surface area contributed by atoms with Gasteiger partial charge in [0.1, 0.15) is 10.7 Å². The van der Waals surface area contributed by atoms with Crippen LogP contribution in [-0.2, 0) is 14.8 Å². The number of hydrogen-bond donors (Lipinski definition) is 2. The maximum absolute atomic E-state index is 12.0. The van der Waals surface area contributed by atoms with Crippen LogP contribution in [0, 0.1) is 0 Å². The van der Waals surface area contributed by atoms with Crippen LogP contribution >= 0.6 is 0 Å². The quantitative estimate of drug-likeness (QED) is 0.769. The Kier molecular flexibility index (Phi) is 4.86. The van der Waals surface area contributed by atoms with E-state index >= 15 is 0 Å². The highest BCUT2D eigenvalue weighted by molar-refractivity contribution is 7.89. The van der Waals surface area contributed by atoms with Crippen LogP contribution in [0.25, 0.3) is 0 Å². The third kappa shape index (κ3) is 3.95. The van der Waals surface area contributed by atoms with Crippen LogP contribution in [0.2, 0.25) is 0 Å². The molecule has 1 atom stereocenters. The average molecular weight is 259 g/mol. The maximum Gasteiger partial charge on any atom is 0.244 e. The van der Waals surface area contributed by atoms with Crippen LogP contribution in [0.5, 0.6) is 0 Å². The van der Waals surface area contributed by atoms with E-state index in [1.807, 2.05) is 0 Å². The van der Waals surface area contributed by atoms with Crippen LogP contribution in [0.1, 0.15) is 13.3 Å². The normalized spacial score (nSPS) is 13.5. The number of rotatable bonds is 6. The van der Waals surface area contributed by atoms with Crippen molar-refractivity contribution in [3.8, 4) is 0 Å². The predicted molar refractivity (Wildman–Crippen MR) is 64.9 cm³/mol. The highest BCUT2D eigenvalue weighted by Gasteiger charge is 2.20. The van der Waals surface area contributed by atoms with Crippen molar-refractivity contribution in [3.63, 3.8) is 0 Å². The summed E-state index contributed by atoms with van der Waals surface area (Å²) in [5.41, 5.74) is 5.53. The highest BCUT2D eigenvalue weighted by atomic mass is 32.2. The van der Waals surface area contributed by atoms with Crippen molar-refractivity contribution in [2.75, 3.05) is 19.5 Å². The molecule has 0 aromatic carbocycles. The van der Waals surface area contributed by atoms with Gasteiger partial charge in [0.05, 0.1) is 0 Å². The molecular formula is C10H17N3O3S. The van der Waals surface area contributed by atoms with E-state index in [0.717, 1.165) is 0 Å². The average Bonchev–Trinajstić information content (AvgIpc) is 2.26. The molecule has 0 spiro atoms. The molecule has 0 saturated heterocycles. The number of aromatic nitrogens is 1. The Hall–Kier alpha value is -1.18. The minimum absolute atomic E-state index is 0.000980. The van der Waals surface area contributed by atoms with Gasteiger partial charge in [0, 0.05) is 26.0 Å². The Balaban J connectivity index is 2.79. The predicted octanol–water partition coefficient (Wildman–Crippen LogP) is 0.367. The van der Waals surface area contributed by atoms with Crippen molar-refractivity contribution < 1.29 is 13.2 Å². The Morgan fingerprint density at radius 2 is 2.29 bits per heavy atom. The van der Waals surface area contributed by atoms with Gasteiger partial charge in [-0.15, -0.1) is 0 Å². The topological polar surface area (TPSA) is 94.3 Å². The summed E-state index contributed by atoms with van der Waals surface area (Å²) in [7, 11) is -2.04. The lowest BCUT2D eigenvalue weighted by atomic mass is 10.3. The van der Waals surface area contributed by atoms with E-state index in [2.05, 4.69) is 9.71 Å². The van der Waals surface area contributed by atoms with Crippen molar-refractivity contribution in [1.29, 1.82) is 0 Å². The fourth-order valence-corrected chi connectivity index (χ4v) is 2.67. The summed E-state index contributed by atoms with van der Waals surface area (Å²) >= 11 is 0.